The number of anilines is 1. The molecule has 1 aromatic carbocycles. The number of carbonyl (C=O) groups excluding carboxylic acids is 1. The first-order valence-corrected chi connectivity index (χ1v) is 6.69. The third-order valence-electron chi connectivity index (χ3n) is 3.25. The molecule has 5 nitrogen and oxygen atoms in total. The third kappa shape index (κ3) is 2.79. The summed E-state index contributed by atoms with van der Waals surface area (Å²) >= 11 is 3.43. The summed E-state index contributed by atoms with van der Waals surface area (Å²) in [6.45, 7) is 2.23. The van der Waals surface area contributed by atoms with Crippen LogP contribution in [0.25, 0.3) is 0 Å². The van der Waals surface area contributed by atoms with Gasteiger partial charge >= 0.3 is 5.97 Å². The monoisotopic (exact) mass is 326 g/mol. The molecular formula is C13H15BrN2O3. The summed E-state index contributed by atoms with van der Waals surface area (Å²) in [6, 6.07) is 4.98. The number of nitrogens with zero attached hydrogens (tertiary/aromatic N) is 2. The maximum Gasteiger partial charge on any atom is 0.322 e. The summed E-state index contributed by atoms with van der Waals surface area (Å²) in [5.74, 6) is -1.01. The fraction of sp³-hybridized carbons (Fsp3) is 0.385. The van der Waals surface area contributed by atoms with E-state index in [0.717, 1.165) is 15.7 Å². The number of hydrogen-bond acceptors (Lipinski definition) is 3. The maximum absolute atomic E-state index is 12.1. The van der Waals surface area contributed by atoms with Crippen molar-refractivity contribution in [2.45, 2.75) is 13.0 Å². The number of aliphatic carboxylic acids is 1. The Morgan fingerprint density at radius 3 is 2.74 bits per heavy atom. The number of piperazine rings is 1. The summed E-state index contributed by atoms with van der Waals surface area (Å²) in [7, 11) is 1.65. The van der Waals surface area contributed by atoms with Gasteiger partial charge in [-0.2, -0.15) is 0 Å². The fourth-order valence-corrected chi connectivity index (χ4v) is 2.86. The molecule has 1 atom stereocenters. The van der Waals surface area contributed by atoms with E-state index >= 15 is 0 Å². The van der Waals surface area contributed by atoms with Gasteiger partial charge in [0.15, 0.2) is 0 Å². The second-order valence-corrected chi connectivity index (χ2v) is 5.58. The summed E-state index contributed by atoms with van der Waals surface area (Å²) < 4.78 is 0.801. The third-order valence-corrected chi connectivity index (χ3v) is 3.89. The zero-order chi connectivity index (χ0) is 14.2. The van der Waals surface area contributed by atoms with Crippen molar-refractivity contribution < 1.29 is 14.7 Å². The van der Waals surface area contributed by atoms with Crippen LogP contribution in [-0.4, -0.2) is 48.1 Å². The fourth-order valence-electron chi connectivity index (χ4n) is 2.15. The van der Waals surface area contributed by atoms with Crippen molar-refractivity contribution in [3.63, 3.8) is 0 Å². The zero-order valence-corrected chi connectivity index (χ0v) is 12.3. The Bertz CT molecular complexity index is 533. The minimum absolute atomic E-state index is 0.0930. The lowest BCUT2D eigenvalue weighted by Crippen LogP contribution is -2.57. The van der Waals surface area contributed by atoms with E-state index in [-0.39, 0.29) is 19.0 Å². The van der Waals surface area contributed by atoms with Gasteiger partial charge in [0, 0.05) is 4.47 Å². The average molecular weight is 327 g/mol. The number of aryl methyl sites for hydroxylation is 1. The molecule has 1 heterocycles. The molecule has 1 aliphatic rings. The molecule has 1 aliphatic heterocycles. The number of halogens is 1. The maximum atomic E-state index is 12.1. The van der Waals surface area contributed by atoms with E-state index in [1.165, 1.54) is 4.90 Å². The standard InChI is InChI=1S/C13H15BrN2O3/c1-8-3-4-10(9(14)5-8)16-6-11(13(18)19)15(2)7-12(16)17/h3-5,11H,6-7H2,1-2H3,(H,18,19). The minimum Gasteiger partial charge on any atom is -0.480 e. The van der Waals surface area contributed by atoms with Gasteiger partial charge in [0.1, 0.15) is 6.04 Å². The molecule has 0 saturated carbocycles. The normalized spacial score (nSPS) is 20.7. The van der Waals surface area contributed by atoms with Crippen LogP contribution < -0.4 is 4.90 Å². The van der Waals surface area contributed by atoms with Gasteiger partial charge in [-0.25, -0.2) is 0 Å². The first-order valence-electron chi connectivity index (χ1n) is 5.89. The number of amides is 1. The lowest BCUT2D eigenvalue weighted by molar-refractivity contribution is -0.144. The van der Waals surface area contributed by atoms with E-state index in [1.54, 1.807) is 11.9 Å². The highest BCUT2D eigenvalue weighted by Gasteiger charge is 2.35. The first kappa shape index (κ1) is 14.0. The van der Waals surface area contributed by atoms with Crippen LogP contribution in [-0.2, 0) is 9.59 Å². The molecule has 0 radical (unpaired) electrons. The topological polar surface area (TPSA) is 60.9 Å². The highest BCUT2D eigenvalue weighted by atomic mass is 79.9. The van der Waals surface area contributed by atoms with E-state index in [1.807, 2.05) is 25.1 Å². The molecule has 0 bridgehead atoms. The highest BCUT2D eigenvalue weighted by Crippen LogP contribution is 2.29. The van der Waals surface area contributed by atoms with Crippen molar-refractivity contribution in [3.8, 4) is 0 Å². The summed E-state index contributed by atoms with van der Waals surface area (Å²) in [5, 5.41) is 9.18. The van der Waals surface area contributed by atoms with Crippen molar-refractivity contribution in [3.05, 3.63) is 28.2 Å². The second kappa shape index (κ2) is 5.30. The molecule has 1 aromatic rings. The molecule has 0 aliphatic carbocycles. The Kier molecular flexibility index (Phi) is 3.91. The van der Waals surface area contributed by atoms with Crippen molar-refractivity contribution in [2.75, 3.05) is 25.0 Å². The predicted molar refractivity (Wildman–Crippen MR) is 75.3 cm³/mol. The Morgan fingerprint density at radius 1 is 1.47 bits per heavy atom. The minimum atomic E-state index is -0.914. The predicted octanol–water partition coefficient (Wildman–Crippen LogP) is 1.49. The Hall–Kier alpha value is -1.40. The van der Waals surface area contributed by atoms with Crippen LogP contribution in [0.15, 0.2) is 22.7 Å². The number of carboxylic acid groups (broad SMARTS) is 1. The van der Waals surface area contributed by atoms with Gasteiger partial charge in [0.25, 0.3) is 0 Å². The van der Waals surface area contributed by atoms with Crippen LogP contribution in [0.4, 0.5) is 5.69 Å². The quantitative estimate of drug-likeness (QED) is 0.894. The molecule has 1 N–H and O–H groups in total. The lowest BCUT2D eigenvalue weighted by atomic mass is 10.1. The van der Waals surface area contributed by atoms with Crippen LogP contribution in [0.1, 0.15) is 5.56 Å². The number of hydrogen-bond donors (Lipinski definition) is 1. The largest absolute Gasteiger partial charge is 0.480 e. The Balaban J connectivity index is 2.32. The first-order chi connectivity index (χ1) is 8.90. The van der Waals surface area contributed by atoms with Crippen molar-refractivity contribution in [2.24, 2.45) is 0 Å². The number of carboxylic acids is 1. The van der Waals surface area contributed by atoms with Crippen LogP contribution in [0.2, 0.25) is 0 Å². The Morgan fingerprint density at radius 2 is 2.16 bits per heavy atom. The average Bonchev–Trinajstić information content (AvgIpc) is 2.30. The lowest BCUT2D eigenvalue weighted by Gasteiger charge is -2.37. The Labute approximate surface area is 119 Å². The van der Waals surface area contributed by atoms with Crippen LogP contribution in [0.3, 0.4) is 0 Å². The van der Waals surface area contributed by atoms with E-state index in [0.29, 0.717) is 0 Å². The molecule has 1 saturated heterocycles. The molecule has 1 fully saturated rings. The number of carbonyl (C=O) groups is 2. The van der Waals surface area contributed by atoms with Crippen LogP contribution >= 0.6 is 15.9 Å². The van der Waals surface area contributed by atoms with E-state index < -0.39 is 12.0 Å². The van der Waals surface area contributed by atoms with Crippen LogP contribution in [0, 0.1) is 6.92 Å². The summed E-state index contributed by atoms with van der Waals surface area (Å²) in [4.78, 5) is 26.4. The molecule has 1 unspecified atom stereocenters. The molecule has 19 heavy (non-hydrogen) atoms. The van der Waals surface area contributed by atoms with Crippen molar-refractivity contribution in [1.29, 1.82) is 0 Å². The van der Waals surface area contributed by atoms with Gasteiger partial charge in [-0.05, 0) is 47.6 Å². The van der Waals surface area contributed by atoms with Gasteiger partial charge < -0.3 is 10.0 Å². The van der Waals surface area contributed by atoms with Crippen molar-refractivity contribution in [1.82, 2.24) is 4.90 Å². The summed E-state index contributed by atoms with van der Waals surface area (Å²) in [6.07, 6.45) is 0. The smallest absolute Gasteiger partial charge is 0.322 e. The summed E-state index contributed by atoms with van der Waals surface area (Å²) in [5.41, 5.74) is 1.79. The van der Waals surface area contributed by atoms with Crippen molar-refractivity contribution >= 4 is 33.5 Å². The van der Waals surface area contributed by atoms with Gasteiger partial charge in [-0.15, -0.1) is 0 Å². The van der Waals surface area contributed by atoms with Gasteiger partial charge in [-0.1, -0.05) is 6.07 Å². The highest BCUT2D eigenvalue weighted by molar-refractivity contribution is 9.10. The van der Waals surface area contributed by atoms with Crippen LogP contribution in [0.5, 0.6) is 0 Å². The SMILES string of the molecule is Cc1ccc(N2CC(C(=O)O)N(C)CC2=O)c(Br)c1. The van der Waals surface area contributed by atoms with E-state index in [4.69, 9.17) is 0 Å². The molecule has 1 amide bonds. The van der Waals surface area contributed by atoms with Gasteiger partial charge in [0.2, 0.25) is 5.91 Å². The molecule has 2 rings (SSSR count). The van der Waals surface area contributed by atoms with Gasteiger partial charge in [-0.3, -0.25) is 14.5 Å². The van der Waals surface area contributed by atoms with E-state index in [9.17, 15) is 14.7 Å². The molecule has 102 valence electrons. The number of benzene rings is 1. The van der Waals surface area contributed by atoms with E-state index in [2.05, 4.69) is 15.9 Å². The number of likely N-dealkylation sites (N-methyl/N-ethyl adjacent to an activating group) is 1. The molecule has 0 spiro atoms. The second-order valence-electron chi connectivity index (χ2n) is 4.73. The zero-order valence-electron chi connectivity index (χ0n) is 10.8. The molecule has 0 aromatic heterocycles. The molecule has 6 heteroatoms. The van der Waals surface area contributed by atoms with Gasteiger partial charge in [0.05, 0.1) is 18.8 Å². The number of rotatable bonds is 2. The molecular weight excluding hydrogens is 312 g/mol.